The van der Waals surface area contributed by atoms with Crippen molar-refractivity contribution in [2.24, 2.45) is 5.92 Å². The minimum absolute atomic E-state index is 0.0523. The first-order valence-corrected chi connectivity index (χ1v) is 5.29. The standard InChI is InChI=1S/C11H15N3O2/c1-12-10-3-2-9(5-13-10)14-6-8(7-15)4-11(14)16/h2-3,5,8,15H,4,6-7H2,1H3,(H,12,13). The number of rotatable bonds is 3. The lowest BCUT2D eigenvalue weighted by atomic mass is 10.1. The summed E-state index contributed by atoms with van der Waals surface area (Å²) in [5, 5.41) is 11.9. The molecule has 1 aliphatic heterocycles. The number of nitrogens with one attached hydrogen (secondary N) is 1. The topological polar surface area (TPSA) is 65.5 Å². The second-order valence-corrected chi connectivity index (χ2v) is 3.91. The van der Waals surface area contributed by atoms with Crippen LogP contribution >= 0.6 is 0 Å². The van der Waals surface area contributed by atoms with Crippen molar-refractivity contribution in [3.8, 4) is 0 Å². The van der Waals surface area contributed by atoms with Crippen molar-refractivity contribution >= 4 is 17.4 Å². The molecule has 86 valence electrons. The van der Waals surface area contributed by atoms with Crippen LogP contribution in [0.25, 0.3) is 0 Å². The Morgan fingerprint density at radius 1 is 1.62 bits per heavy atom. The Bertz CT molecular complexity index is 377. The molecular weight excluding hydrogens is 206 g/mol. The van der Waals surface area contributed by atoms with E-state index >= 15 is 0 Å². The summed E-state index contributed by atoms with van der Waals surface area (Å²) in [7, 11) is 1.80. The van der Waals surface area contributed by atoms with E-state index in [9.17, 15) is 4.79 Å². The molecule has 0 spiro atoms. The molecule has 1 saturated heterocycles. The van der Waals surface area contributed by atoms with Crippen LogP contribution in [0.4, 0.5) is 11.5 Å². The Hall–Kier alpha value is -1.62. The lowest BCUT2D eigenvalue weighted by molar-refractivity contribution is -0.117. The summed E-state index contributed by atoms with van der Waals surface area (Å²) in [4.78, 5) is 17.5. The Balaban J connectivity index is 2.15. The van der Waals surface area contributed by atoms with Crippen molar-refractivity contribution in [1.29, 1.82) is 0 Å². The number of hydrogen-bond acceptors (Lipinski definition) is 4. The number of nitrogens with zero attached hydrogens (tertiary/aromatic N) is 2. The van der Waals surface area contributed by atoms with Gasteiger partial charge in [-0.2, -0.15) is 0 Å². The first-order chi connectivity index (χ1) is 7.74. The third kappa shape index (κ3) is 1.99. The van der Waals surface area contributed by atoms with E-state index in [0.717, 1.165) is 11.5 Å². The molecule has 5 heteroatoms. The molecule has 2 N–H and O–H groups in total. The van der Waals surface area contributed by atoms with E-state index in [1.54, 1.807) is 18.1 Å². The highest BCUT2D eigenvalue weighted by Gasteiger charge is 2.30. The van der Waals surface area contributed by atoms with E-state index in [4.69, 9.17) is 5.11 Å². The van der Waals surface area contributed by atoms with Crippen molar-refractivity contribution in [3.63, 3.8) is 0 Å². The van der Waals surface area contributed by atoms with Crippen LogP contribution in [-0.4, -0.2) is 36.2 Å². The van der Waals surface area contributed by atoms with Gasteiger partial charge in [0.15, 0.2) is 0 Å². The molecule has 1 amide bonds. The normalized spacial score (nSPS) is 20.2. The van der Waals surface area contributed by atoms with E-state index in [1.807, 2.05) is 12.1 Å². The zero-order valence-electron chi connectivity index (χ0n) is 9.18. The Morgan fingerprint density at radius 3 is 2.94 bits per heavy atom. The number of aromatic nitrogens is 1. The van der Waals surface area contributed by atoms with Gasteiger partial charge in [0.05, 0.1) is 11.9 Å². The molecule has 1 aliphatic rings. The van der Waals surface area contributed by atoms with Crippen molar-refractivity contribution in [3.05, 3.63) is 18.3 Å². The molecule has 2 heterocycles. The molecule has 5 nitrogen and oxygen atoms in total. The summed E-state index contributed by atoms with van der Waals surface area (Å²) in [6, 6.07) is 3.69. The smallest absolute Gasteiger partial charge is 0.227 e. The molecule has 0 saturated carbocycles. The molecule has 1 unspecified atom stereocenters. The van der Waals surface area contributed by atoms with Crippen molar-refractivity contribution in [1.82, 2.24) is 4.98 Å². The van der Waals surface area contributed by atoms with Crippen LogP contribution in [0.3, 0.4) is 0 Å². The number of carbonyl (C=O) groups is 1. The lowest BCUT2D eigenvalue weighted by Crippen LogP contribution is -2.24. The highest BCUT2D eigenvalue weighted by Crippen LogP contribution is 2.24. The molecule has 0 aromatic carbocycles. The maximum atomic E-state index is 11.7. The van der Waals surface area contributed by atoms with Gasteiger partial charge in [0.2, 0.25) is 5.91 Å². The van der Waals surface area contributed by atoms with E-state index in [-0.39, 0.29) is 18.4 Å². The summed E-state index contributed by atoms with van der Waals surface area (Å²) in [5.41, 5.74) is 0.792. The van der Waals surface area contributed by atoms with Gasteiger partial charge in [0, 0.05) is 32.5 Å². The third-order valence-corrected chi connectivity index (χ3v) is 2.78. The Labute approximate surface area is 94.1 Å². The minimum atomic E-state index is 0.0523. The molecule has 16 heavy (non-hydrogen) atoms. The number of pyridine rings is 1. The van der Waals surface area contributed by atoms with Crippen LogP contribution < -0.4 is 10.2 Å². The highest BCUT2D eigenvalue weighted by molar-refractivity contribution is 5.95. The molecule has 0 bridgehead atoms. The summed E-state index contributed by atoms with van der Waals surface area (Å²) in [5.74, 6) is 0.878. The molecule has 2 rings (SSSR count). The summed E-state index contributed by atoms with van der Waals surface area (Å²) in [6.45, 7) is 0.639. The van der Waals surface area contributed by atoms with E-state index < -0.39 is 0 Å². The number of carbonyl (C=O) groups excluding carboxylic acids is 1. The maximum absolute atomic E-state index is 11.7. The summed E-state index contributed by atoms with van der Waals surface area (Å²) < 4.78 is 0. The average Bonchev–Trinajstić information content (AvgIpc) is 2.71. The fraction of sp³-hybridized carbons (Fsp3) is 0.455. The van der Waals surface area contributed by atoms with Gasteiger partial charge < -0.3 is 15.3 Å². The van der Waals surface area contributed by atoms with Crippen molar-refractivity contribution < 1.29 is 9.90 Å². The zero-order valence-corrected chi connectivity index (χ0v) is 9.18. The third-order valence-electron chi connectivity index (χ3n) is 2.78. The van der Waals surface area contributed by atoms with Crippen molar-refractivity contribution in [2.45, 2.75) is 6.42 Å². The molecule has 1 fully saturated rings. The number of amides is 1. The van der Waals surface area contributed by atoms with Crippen LogP contribution in [0.2, 0.25) is 0 Å². The fourth-order valence-electron chi connectivity index (χ4n) is 1.85. The molecule has 1 aromatic rings. The maximum Gasteiger partial charge on any atom is 0.227 e. The van der Waals surface area contributed by atoms with Crippen LogP contribution in [0.15, 0.2) is 18.3 Å². The van der Waals surface area contributed by atoms with Gasteiger partial charge in [-0.15, -0.1) is 0 Å². The SMILES string of the molecule is CNc1ccc(N2CC(CO)CC2=O)cn1. The summed E-state index contributed by atoms with van der Waals surface area (Å²) in [6.07, 6.45) is 2.09. The van der Waals surface area contributed by atoms with Crippen LogP contribution in [-0.2, 0) is 4.79 Å². The largest absolute Gasteiger partial charge is 0.396 e. The predicted molar refractivity (Wildman–Crippen MR) is 61.3 cm³/mol. The Kier molecular flexibility index (Phi) is 3.05. The van der Waals surface area contributed by atoms with Crippen molar-refractivity contribution in [2.75, 3.05) is 30.4 Å². The van der Waals surface area contributed by atoms with Gasteiger partial charge in [0.25, 0.3) is 0 Å². The first-order valence-electron chi connectivity index (χ1n) is 5.29. The number of aliphatic hydroxyl groups excluding tert-OH is 1. The van der Waals surface area contributed by atoms with Gasteiger partial charge in [-0.1, -0.05) is 0 Å². The Morgan fingerprint density at radius 2 is 2.44 bits per heavy atom. The van der Waals surface area contributed by atoms with Crippen LogP contribution in [0.5, 0.6) is 0 Å². The number of hydrogen-bond donors (Lipinski definition) is 2. The predicted octanol–water partition coefficient (Wildman–Crippen LogP) is 0.469. The molecule has 1 atom stereocenters. The molecule has 0 radical (unpaired) electrons. The monoisotopic (exact) mass is 221 g/mol. The second-order valence-electron chi connectivity index (χ2n) is 3.91. The zero-order chi connectivity index (χ0) is 11.5. The quantitative estimate of drug-likeness (QED) is 0.778. The number of anilines is 2. The average molecular weight is 221 g/mol. The first kappa shape index (κ1) is 10.9. The van der Waals surface area contributed by atoms with Gasteiger partial charge in [-0.25, -0.2) is 4.98 Å². The van der Waals surface area contributed by atoms with Crippen LogP contribution in [0.1, 0.15) is 6.42 Å². The number of aliphatic hydroxyl groups is 1. The van der Waals surface area contributed by atoms with Gasteiger partial charge in [0.1, 0.15) is 5.82 Å². The minimum Gasteiger partial charge on any atom is -0.396 e. The van der Waals surface area contributed by atoms with Gasteiger partial charge in [-0.05, 0) is 12.1 Å². The second kappa shape index (κ2) is 4.49. The van der Waals surface area contributed by atoms with Gasteiger partial charge in [-0.3, -0.25) is 4.79 Å². The van der Waals surface area contributed by atoms with E-state index in [1.165, 1.54) is 0 Å². The van der Waals surface area contributed by atoms with E-state index in [0.29, 0.717) is 13.0 Å². The highest BCUT2D eigenvalue weighted by atomic mass is 16.3. The molecular formula is C11H15N3O2. The van der Waals surface area contributed by atoms with E-state index in [2.05, 4.69) is 10.3 Å². The molecule has 0 aliphatic carbocycles. The van der Waals surface area contributed by atoms with Crippen LogP contribution in [0, 0.1) is 5.92 Å². The van der Waals surface area contributed by atoms with Gasteiger partial charge >= 0.3 is 0 Å². The molecule has 1 aromatic heterocycles. The fourth-order valence-corrected chi connectivity index (χ4v) is 1.85. The lowest BCUT2D eigenvalue weighted by Gasteiger charge is -2.16. The summed E-state index contributed by atoms with van der Waals surface area (Å²) >= 11 is 0.